The van der Waals surface area contributed by atoms with Gasteiger partial charge in [-0.15, -0.1) is 12.6 Å². The van der Waals surface area contributed by atoms with E-state index in [1.807, 2.05) is 0 Å². The van der Waals surface area contributed by atoms with Crippen LogP contribution in [-0.2, 0) is 4.74 Å². The zero-order valence-electron chi connectivity index (χ0n) is 4.90. The Bertz CT molecular complexity index is 98.2. The summed E-state index contributed by atoms with van der Waals surface area (Å²) in [5.74, 6) is 0. The Labute approximate surface area is 59.1 Å². The van der Waals surface area contributed by atoms with E-state index in [1.165, 1.54) is 0 Å². The van der Waals surface area contributed by atoms with Gasteiger partial charge in [0, 0.05) is 6.42 Å². The maximum atomic E-state index is 9.03. The van der Waals surface area contributed by atoms with Gasteiger partial charge < -0.3 is 14.9 Å². The third-order valence-electron chi connectivity index (χ3n) is 1.38. The number of rotatable bonds is 1. The molecule has 0 saturated carbocycles. The van der Waals surface area contributed by atoms with Crippen molar-refractivity contribution in [3.8, 4) is 0 Å². The van der Waals surface area contributed by atoms with E-state index >= 15 is 0 Å². The van der Waals surface area contributed by atoms with Crippen molar-refractivity contribution in [1.29, 1.82) is 0 Å². The molecule has 0 aromatic carbocycles. The maximum absolute atomic E-state index is 9.03. The number of hydrogen-bond acceptors (Lipinski definition) is 4. The van der Waals surface area contributed by atoms with E-state index in [0.29, 0.717) is 6.42 Å². The van der Waals surface area contributed by atoms with Gasteiger partial charge in [0.05, 0.1) is 12.7 Å². The fraction of sp³-hybridized carbons (Fsp3) is 1.00. The molecule has 1 rings (SSSR count). The summed E-state index contributed by atoms with van der Waals surface area (Å²) in [6, 6.07) is 0. The van der Waals surface area contributed by atoms with Gasteiger partial charge in [-0.05, 0) is 0 Å². The minimum absolute atomic E-state index is 0.127. The molecule has 0 spiro atoms. The second kappa shape index (κ2) is 2.88. The molecule has 3 unspecified atom stereocenters. The monoisotopic (exact) mass is 150 g/mol. The molecule has 1 heterocycles. The Morgan fingerprint density at radius 3 is 2.56 bits per heavy atom. The maximum Gasteiger partial charge on any atom is 0.108 e. The van der Waals surface area contributed by atoms with Crippen LogP contribution < -0.4 is 0 Å². The van der Waals surface area contributed by atoms with Crippen LogP contribution in [0.1, 0.15) is 6.42 Å². The lowest BCUT2D eigenvalue weighted by molar-refractivity contribution is -0.00213. The van der Waals surface area contributed by atoms with Crippen LogP contribution in [0.3, 0.4) is 0 Å². The third-order valence-corrected chi connectivity index (χ3v) is 1.72. The molecule has 3 atom stereocenters. The molecule has 54 valence electrons. The molecule has 1 fully saturated rings. The highest BCUT2D eigenvalue weighted by atomic mass is 32.1. The summed E-state index contributed by atoms with van der Waals surface area (Å²) in [7, 11) is 0. The Kier molecular flexibility index (Phi) is 2.35. The van der Waals surface area contributed by atoms with Crippen LogP contribution >= 0.6 is 12.6 Å². The van der Waals surface area contributed by atoms with E-state index in [1.54, 1.807) is 0 Å². The molecular weight excluding hydrogens is 140 g/mol. The largest absolute Gasteiger partial charge is 0.394 e. The first-order valence-corrected chi connectivity index (χ1v) is 3.38. The standard InChI is InChI=1S/C5H10O3S/c6-2-4-3(7)1-5(9)8-4/h3-7,9H,1-2H2. The molecule has 1 saturated heterocycles. The third kappa shape index (κ3) is 1.58. The molecule has 4 heteroatoms. The normalized spacial score (nSPS) is 43.7. The molecule has 0 aromatic heterocycles. The van der Waals surface area contributed by atoms with Gasteiger partial charge in [-0.25, -0.2) is 0 Å². The number of thiol groups is 1. The molecule has 0 aliphatic carbocycles. The summed E-state index contributed by atoms with van der Waals surface area (Å²) >= 11 is 3.97. The molecule has 0 bridgehead atoms. The molecule has 0 radical (unpaired) electrons. The van der Waals surface area contributed by atoms with Crippen LogP contribution in [0, 0.1) is 0 Å². The van der Waals surface area contributed by atoms with Gasteiger partial charge in [-0.2, -0.15) is 0 Å². The molecular formula is C5H10O3S. The molecule has 3 nitrogen and oxygen atoms in total. The van der Waals surface area contributed by atoms with Gasteiger partial charge >= 0.3 is 0 Å². The van der Waals surface area contributed by atoms with Crippen molar-refractivity contribution in [3.63, 3.8) is 0 Å². The van der Waals surface area contributed by atoms with Crippen molar-refractivity contribution in [2.45, 2.75) is 24.1 Å². The second-order valence-electron chi connectivity index (χ2n) is 2.11. The first kappa shape index (κ1) is 7.34. The van der Waals surface area contributed by atoms with Crippen molar-refractivity contribution in [1.82, 2.24) is 0 Å². The predicted octanol–water partition coefficient (Wildman–Crippen LogP) is -0.616. The predicted molar refractivity (Wildman–Crippen MR) is 35.4 cm³/mol. The molecule has 2 N–H and O–H groups in total. The second-order valence-corrected chi connectivity index (χ2v) is 2.69. The quantitative estimate of drug-likeness (QED) is 0.437. The van der Waals surface area contributed by atoms with Crippen LogP contribution in [0.4, 0.5) is 0 Å². The molecule has 0 aromatic rings. The topological polar surface area (TPSA) is 49.7 Å². The minimum Gasteiger partial charge on any atom is -0.394 e. The summed E-state index contributed by atoms with van der Waals surface area (Å²) in [5.41, 5.74) is -0.211. The van der Waals surface area contributed by atoms with E-state index in [2.05, 4.69) is 12.6 Å². The van der Waals surface area contributed by atoms with Crippen molar-refractivity contribution >= 4 is 12.6 Å². The molecule has 0 amide bonds. The smallest absolute Gasteiger partial charge is 0.108 e. The van der Waals surface area contributed by atoms with E-state index in [0.717, 1.165) is 0 Å². The zero-order chi connectivity index (χ0) is 6.85. The van der Waals surface area contributed by atoms with Crippen LogP contribution in [0.15, 0.2) is 0 Å². The number of aliphatic hydroxyl groups is 2. The summed E-state index contributed by atoms with van der Waals surface area (Å²) in [4.78, 5) is 0. The zero-order valence-corrected chi connectivity index (χ0v) is 5.79. The minimum atomic E-state index is -0.544. The summed E-state index contributed by atoms with van der Waals surface area (Å²) < 4.78 is 4.99. The number of aliphatic hydroxyl groups excluding tert-OH is 2. The molecule has 1 aliphatic rings. The highest BCUT2D eigenvalue weighted by molar-refractivity contribution is 7.80. The van der Waals surface area contributed by atoms with E-state index in [4.69, 9.17) is 14.9 Å². The first-order chi connectivity index (χ1) is 4.24. The van der Waals surface area contributed by atoms with E-state index in [9.17, 15) is 0 Å². The van der Waals surface area contributed by atoms with Crippen molar-refractivity contribution in [3.05, 3.63) is 0 Å². The average Bonchev–Trinajstić information content (AvgIpc) is 2.10. The fourth-order valence-electron chi connectivity index (χ4n) is 0.871. The lowest BCUT2D eigenvalue weighted by atomic mass is 10.2. The average molecular weight is 150 g/mol. The van der Waals surface area contributed by atoms with Gasteiger partial charge in [0.15, 0.2) is 0 Å². The van der Waals surface area contributed by atoms with Gasteiger partial charge in [0.1, 0.15) is 11.5 Å². The van der Waals surface area contributed by atoms with Gasteiger partial charge in [-0.1, -0.05) is 0 Å². The van der Waals surface area contributed by atoms with Gasteiger partial charge in [-0.3, -0.25) is 0 Å². The van der Waals surface area contributed by atoms with Crippen LogP contribution in [0.5, 0.6) is 0 Å². The SMILES string of the molecule is OCC1OC(S)CC1O. The Hall–Kier alpha value is 0.230. The van der Waals surface area contributed by atoms with Crippen LogP contribution in [0.2, 0.25) is 0 Å². The van der Waals surface area contributed by atoms with Crippen molar-refractivity contribution in [2.75, 3.05) is 6.61 Å². The lowest BCUT2D eigenvalue weighted by Gasteiger charge is -2.08. The Balaban J connectivity index is 2.38. The van der Waals surface area contributed by atoms with E-state index in [-0.39, 0.29) is 12.0 Å². The molecule has 9 heavy (non-hydrogen) atoms. The van der Waals surface area contributed by atoms with E-state index < -0.39 is 12.2 Å². The van der Waals surface area contributed by atoms with Crippen molar-refractivity contribution < 1.29 is 14.9 Å². The Morgan fingerprint density at radius 1 is 1.67 bits per heavy atom. The van der Waals surface area contributed by atoms with Gasteiger partial charge in [0.25, 0.3) is 0 Å². The number of ether oxygens (including phenoxy) is 1. The lowest BCUT2D eigenvalue weighted by Crippen LogP contribution is -2.24. The van der Waals surface area contributed by atoms with Crippen LogP contribution in [-0.4, -0.2) is 34.5 Å². The van der Waals surface area contributed by atoms with Crippen molar-refractivity contribution in [2.24, 2.45) is 0 Å². The summed E-state index contributed by atoms with van der Waals surface area (Å²) in [5, 5.41) is 17.6. The summed E-state index contributed by atoms with van der Waals surface area (Å²) in [6.07, 6.45) is -0.459. The highest BCUT2D eigenvalue weighted by Crippen LogP contribution is 2.21. The van der Waals surface area contributed by atoms with Gasteiger partial charge in [0.2, 0.25) is 0 Å². The summed E-state index contributed by atoms with van der Waals surface area (Å²) in [6.45, 7) is -0.127. The highest BCUT2D eigenvalue weighted by Gasteiger charge is 2.30. The fourth-order valence-corrected chi connectivity index (χ4v) is 1.24. The molecule has 1 aliphatic heterocycles. The first-order valence-electron chi connectivity index (χ1n) is 2.86. The van der Waals surface area contributed by atoms with Crippen LogP contribution in [0.25, 0.3) is 0 Å². The number of hydrogen-bond donors (Lipinski definition) is 3. The Morgan fingerprint density at radius 2 is 2.33 bits per heavy atom.